The van der Waals surface area contributed by atoms with Gasteiger partial charge in [0.05, 0.1) is 22.1 Å². The number of hydrogen-bond acceptors (Lipinski definition) is 4. The molecule has 0 radical (unpaired) electrons. The second kappa shape index (κ2) is 8.08. The van der Waals surface area contributed by atoms with Crippen molar-refractivity contribution in [1.29, 1.82) is 0 Å². The zero-order chi connectivity index (χ0) is 25.1. The molecule has 0 aliphatic carbocycles. The maximum Gasteiger partial charge on any atom is 0.115 e. The quantitative estimate of drug-likeness (QED) is 0.265. The summed E-state index contributed by atoms with van der Waals surface area (Å²) in [5.41, 5.74) is 12.3. The molecule has 0 bridgehead atoms. The van der Waals surface area contributed by atoms with E-state index in [4.69, 9.17) is 0 Å². The first-order valence-corrected chi connectivity index (χ1v) is 12.5. The molecule has 0 N–H and O–H groups in total. The molecule has 38 heavy (non-hydrogen) atoms. The van der Waals surface area contributed by atoms with Crippen LogP contribution in [0.15, 0.2) is 122 Å². The Morgan fingerprint density at radius 1 is 0.342 bits per heavy atom. The molecule has 6 aromatic heterocycles. The summed E-state index contributed by atoms with van der Waals surface area (Å²) in [6.45, 7) is 0. The Morgan fingerprint density at radius 3 is 0.921 bits per heavy atom. The van der Waals surface area contributed by atoms with Gasteiger partial charge < -0.3 is 9.13 Å². The van der Waals surface area contributed by atoms with Gasteiger partial charge >= 0.3 is 0 Å². The number of rotatable bonds is 3. The number of benzene rings is 2. The average Bonchev–Trinajstić information content (AvgIpc) is 3.51. The van der Waals surface area contributed by atoms with Crippen molar-refractivity contribution in [3.63, 3.8) is 0 Å². The highest BCUT2D eigenvalue weighted by Crippen LogP contribution is 2.32. The van der Waals surface area contributed by atoms with Gasteiger partial charge in [0.15, 0.2) is 0 Å². The summed E-state index contributed by atoms with van der Waals surface area (Å²) in [5.74, 6) is 0. The standard InChI is InChI=1S/C32H20N6/c1-5-25-29(33-17-1)30-26(6-2-18-34-30)37(25)23-13-9-21(10-14-23)22-11-15-24(16-12-22)38-27-7-3-19-35-31(27)32-28(38)8-4-20-36-32/h1-20H. The summed E-state index contributed by atoms with van der Waals surface area (Å²) in [6, 6.07) is 33.6. The van der Waals surface area contributed by atoms with Crippen molar-refractivity contribution in [2.45, 2.75) is 0 Å². The summed E-state index contributed by atoms with van der Waals surface area (Å²) >= 11 is 0. The molecule has 0 atom stereocenters. The third-order valence-corrected chi connectivity index (χ3v) is 7.14. The summed E-state index contributed by atoms with van der Waals surface area (Å²) in [4.78, 5) is 18.4. The summed E-state index contributed by atoms with van der Waals surface area (Å²) in [7, 11) is 0. The van der Waals surface area contributed by atoms with Crippen molar-refractivity contribution < 1.29 is 0 Å². The summed E-state index contributed by atoms with van der Waals surface area (Å²) in [6.07, 6.45) is 7.28. The van der Waals surface area contributed by atoms with Gasteiger partial charge in [-0.2, -0.15) is 0 Å². The lowest BCUT2D eigenvalue weighted by molar-refractivity contribution is 1.17. The van der Waals surface area contributed by atoms with E-state index < -0.39 is 0 Å². The van der Waals surface area contributed by atoms with E-state index in [-0.39, 0.29) is 0 Å². The van der Waals surface area contributed by atoms with E-state index >= 15 is 0 Å². The topological polar surface area (TPSA) is 61.4 Å². The Balaban J connectivity index is 1.20. The van der Waals surface area contributed by atoms with E-state index in [2.05, 4.69) is 102 Å². The molecular formula is C32H20N6. The Bertz CT molecular complexity index is 1860. The first-order chi connectivity index (χ1) is 18.9. The molecule has 178 valence electrons. The van der Waals surface area contributed by atoms with E-state index in [0.717, 1.165) is 66.6 Å². The predicted octanol–water partition coefficient (Wildman–Crippen LogP) is 7.13. The number of fused-ring (bicyclic) bond motifs is 6. The monoisotopic (exact) mass is 488 g/mol. The maximum atomic E-state index is 4.59. The van der Waals surface area contributed by atoms with Crippen molar-refractivity contribution in [3.8, 4) is 22.5 Å². The van der Waals surface area contributed by atoms with Gasteiger partial charge in [-0.05, 0) is 83.9 Å². The molecule has 6 nitrogen and oxygen atoms in total. The average molecular weight is 489 g/mol. The van der Waals surface area contributed by atoms with Crippen LogP contribution >= 0.6 is 0 Å². The van der Waals surface area contributed by atoms with Gasteiger partial charge in [-0.3, -0.25) is 19.9 Å². The van der Waals surface area contributed by atoms with E-state index in [0.29, 0.717) is 0 Å². The fourth-order valence-electron chi connectivity index (χ4n) is 5.46. The second-order valence-electron chi connectivity index (χ2n) is 9.25. The van der Waals surface area contributed by atoms with E-state index in [1.807, 2.05) is 49.1 Å². The van der Waals surface area contributed by atoms with Crippen molar-refractivity contribution >= 4 is 44.1 Å². The first kappa shape index (κ1) is 20.8. The van der Waals surface area contributed by atoms with Gasteiger partial charge in [0.1, 0.15) is 22.1 Å². The van der Waals surface area contributed by atoms with Crippen molar-refractivity contribution in [1.82, 2.24) is 29.1 Å². The lowest BCUT2D eigenvalue weighted by Gasteiger charge is -2.10. The molecule has 0 fully saturated rings. The van der Waals surface area contributed by atoms with Gasteiger partial charge in [-0.25, -0.2) is 0 Å². The Hall–Kier alpha value is -5.36. The zero-order valence-corrected chi connectivity index (χ0v) is 20.2. The van der Waals surface area contributed by atoms with Gasteiger partial charge in [-0.1, -0.05) is 24.3 Å². The van der Waals surface area contributed by atoms with Crippen molar-refractivity contribution in [3.05, 3.63) is 122 Å². The second-order valence-corrected chi connectivity index (χ2v) is 9.25. The maximum absolute atomic E-state index is 4.59. The molecule has 8 aromatic rings. The highest BCUT2D eigenvalue weighted by Gasteiger charge is 2.15. The van der Waals surface area contributed by atoms with Crippen LogP contribution in [0.2, 0.25) is 0 Å². The van der Waals surface area contributed by atoms with Crippen LogP contribution in [-0.2, 0) is 0 Å². The molecule has 6 heteroatoms. The summed E-state index contributed by atoms with van der Waals surface area (Å²) in [5, 5.41) is 0. The SMILES string of the molecule is c1cnc2c3ncccc3n(-c3ccc(-c4ccc(-n5c6cccnc6c6ncccc65)cc4)cc3)c2c1. The van der Waals surface area contributed by atoms with Crippen LogP contribution in [0.25, 0.3) is 66.6 Å². The minimum atomic E-state index is 0.915. The van der Waals surface area contributed by atoms with E-state index in [9.17, 15) is 0 Å². The number of pyridine rings is 4. The highest BCUT2D eigenvalue weighted by atomic mass is 15.0. The molecule has 0 aliphatic rings. The zero-order valence-electron chi connectivity index (χ0n) is 20.2. The minimum Gasteiger partial charge on any atom is -0.306 e. The summed E-state index contributed by atoms with van der Waals surface area (Å²) < 4.78 is 4.45. The van der Waals surface area contributed by atoms with E-state index in [1.165, 1.54) is 0 Å². The molecule has 0 aliphatic heterocycles. The molecule has 0 saturated carbocycles. The van der Waals surface area contributed by atoms with Crippen LogP contribution in [0.4, 0.5) is 0 Å². The van der Waals surface area contributed by atoms with Crippen LogP contribution in [0, 0.1) is 0 Å². The molecule has 2 aromatic carbocycles. The third-order valence-electron chi connectivity index (χ3n) is 7.14. The lowest BCUT2D eigenvalue weighted by atomic mass is 10.0. The fraction of sp³-hybridized carbons (Fsp3) is 0. The molecule has 6 heterocycles. The van der Waals surface area contributed by atoms with Crippen molar-refractivity contribution in [2.75, 3.05) is 0 Å². The van der Waals surface area contributed by atoms with Crippen LogP contribution < -0.4 is 0 Å². The number of hydrogen-bond donors (Lipinski definition) is 0. The molecular weight excluding hydrogens is 468 g/mol. The van der Waals surface area contributed by atoms with Gasteiger partial charge in [0.2, 0.25) is 0 Å². The third kappa shape index (κ3) is 3.01. The highest BCUT2D eigenvalue weighted by molar-refractivity contribution is 6.05. The largest absolute Gasteiger partial charge is 0.306 e. The molecule has 8 rings (SSSR count). The van der Waals surface area contributed by atoms with Gasteiger partial charge in [0, 0.05) is 36.2 Å². The minimum absolute atomic E-state index is 0.915. The Morgan fingerprint density at radius 2 is 0.632 bits per heavy atom. The molecule has 0 unspecified atom stereocenters. The fourth-order valence-corrected chi connectivity index (χ4v) is 5.46. The van der Waals surface area contributed by atoms with Crippen LogP contribution in [0.5, 0.6) is 0 Å². The normalized spacial score (nSPS) is 11.7. The van der Waals surface area contributed by atoms with E-state index in [1.54, 1.807) is 0 Å². The molecule has 0 saturated heterocycles. The number of nitrogens with zero attached hydrogens (tertiary/aromatic N) is 6. The first-order valence-electron chi connectivity index (χ1n) is 12.5. The molecule has 0 spiro atoms. The lowest BCUT2D eigenvalue weighted by Crippen LogP contribution is -1.95. The van der Waals surface area contributed by atoms with Crippen LogP contribution in [0.1, 0.15) is 0 Å². The smallest absolute Gasteiger partial charge is 0.115 e. The van der Waals surface area contributed by atoms with Crippen molar-refractivity contribution in [2.24, 2.45) is 0 Å². The molecule has 0 amide bonds. The predicted molar refractivity (Wildman–Crippen MR) is 152 cm³/mol. The Kier molecular flexibility index (Phi) is 4.42. The number of aromatic nitrogens is 6. The van der Waals surface area contributed by atoms with Crippen LogP contribution in [0.3, 0.4) is 0 Å². The van der Waals surface area contributed by atoms with Gasteiger partial charge in [-0.15, -0.1) is 0 Å². The van der Waals surface area contributed by atoms with Gasteiger partial charge in [0.25, 0.3) is 0 Å². The Labute approximate surface area is 217 Å². The van der Waals surface area contributed by atoms with Crippen LogP contribution in [-0.4, -0.2) is 29.1 Å².